The van der Waals surface area contributed by atoms with Crippen LogP contribution in [-0.4, -0.2) is 4.57 Å². The Balaban J connectivity index is 2.59. The lowest BCUT2D eigenvalue weighted by molar-refractivity contribution is 1.08. The van der Waals surface area contributed by atoms with Gasteiger partial charge in [-0.3, -0.25) is 0 Å². The maximum Gasteiger partial charge on any atom is 0.0832 e. The largest absolute Gasteiger partial charge is 0.322 e. The van der Waals surface area contributed by atoms with E-state index >= 15 is 0 Å². The lowest BCUT2D eigenvalue weighted by Gasteiger charge is -2.05. The van der Waals surface area contributed by atoms with Gasteiger partial charge < -0.3 is 4.57 Å². The summed E-state index contributed by atoms with van der Waals surface area (Å²) in [6, 6.07) is 9.46. The number of hydrogen-bond acceptors (Lipinski definition) is 0. The fourth-order valence-corrected chi connectivity index (χ4v) is 1.58. The highest BCUT2D eigenvalue weighted by atomic mass is 35.5. The summed E-state index contributed by atoms with van der Waals surface area (Å²) in [7, 11) is 0. The molecule has 0 spiro atoms. The van der Waals surface area contributed by atoms with E-state index in [-0.39, 0.29) is 0 Å². The summed E-state index contributed by atoms with van der Waals surface area (Å²) in [5.41, 5.74) is 0.902. The van der Waals surface area contributed by atoms with Crippen molar-refractivity contribution < 1.29 is 0 Å². The third kappa shape index (κ3) is 1.58. The van der Waals surface area contributed by atoms with Crippen LogP contribution in [0.1, 0.15) is 0 Å². The van der Waals surface area contributed by atoms with E-state index in [0.717, 1.165) is 5.69 Å². The Kier molecular flexibility index (Phi) is 2.30. The first kappa shape index (κ1) is 8.67. The lowest BCUT2D eigenvalue weighted by Crippen LogP contribution is -1.90. The topological polar surface area (TPSA) is 4.93 Å². The van der Waals surface area contributed by atoms with Gasteiger partial charge in [-0.25, -0.2) is 0 Å². The first-order valence-corrected chi connectivity index (χ1v) is 4.62. The number of benzene rings is 1. The van der Waals surface area contributed by atoms with Crippen LogP contribution in [0.3, 0.4) is 0 Å². The molecule has 0 aliphatic carbocycles. The van der Waals surface area contributed by atoms with Gasteiger partial charge in [0.1, 0.15) is 0 Å². The normalized spacial score (nSPS) is 10.3. The van der Waals surface area contributed by atoms with Crippen molar-refractivity contribution >= 4 is 23.2 Å². The molecular formula is C10H7Cl2N. The summed E-state index contributed by atoms with van der Waals surface area (Å²) < 4.78 is 1.92. The van der Waals surface area contributed by atoms with Crippen LogP contribution >= 0.6 is 23.2 Å². The molecule has 1 aromatic heterocycles. The molecule has 0 atom stereocenters. The van der Waals surface area contributed by atoms with Crippen molar-refractivity contribution in [2.24, 2.45) is 0 Å². The molecule has 66 valence electrons. The minimum Gasteiger partial charge on any atom is -0.322 e. The minimum atomic E-state index is 0.577. The van der Waals surface area contributed by atoms with E-state index in [1.54, 1.807) is 6.07 Å². The monoisotopic (exact) mass is 211 g/mol. The van der Waals surface area contributed by atoms with Gasteiger partial charge in [0.05, 0.1) is 15.7 Å². The molecule has 1 heterocycles. The highest BCUT2D eigenvalue weighted by Gasteiger charge is 2.04. The van der Waals surface area contributed by atoms with Crippen LogP contribution < -0.4 is 0 Å². The Morgan fingerprint density at radius 2 is 1.62 bits per heavy atom. The zero-order chi connectivity index (χ0) is 9.26. The summed E-state index contributed by atoms with van der Waals surface area (Å²) >= 11 is 11.9. The molecule has 0 saturated heterocycles. The maximum absolute atomic E-state index is 6.03. The molecule has 1 nitrogen and oxygen atoms in total. The molecule has 3 heteroatoms. The Bertz CT molecular complexity index is 407. The highest BCUT2D eigenvalue weighted by Crippen LogP contribution is 2.28. The minimum absolute atomic E-state index is 0.577. The van der Waals surface area contributed by atoms with Gasteiger partial charge in [-0.1, -0.05) is 29.3 Å². The molecule has 0 fully saturated rings. The van der Waals surface area contributed by atoms with E-state index in [9.17, 15) is 0 Å². The van der Waals surface area contributed by atoms with E-state index in [4.69, 9.17) is 23.2 Å². The quantitative estimate of drug-likeness (QED) is 0.677. The van der Waals surface area contributed by atoms with E-state index in [2.05, 4.69) is 0 Å². The number of nitrogens with zero attached hydrogens (tertiary/aromatic N) is 1. The van der Waals surface area contributed by atoms with Crippen LogP contribution in [0.5, 0.6) is 0 Å². The highest BCUT2D eigenvalue weighted by molar-refractivity contribution is 6.43. The van der Waals surface area contributed by atoms with Crippen LogP contribution in [0.2, 0.25) is 10.0 Å². The van der Waals surface area contributed by atoms with Gasteiger partial charge in [0, 0.05) is 12.4 Å². The Morgan fingerprint density at radius 3 is 2.31 bits per heavy atom. The number of rotatable bonds is 1. The predicted molar refractivity (Wildman–Crippen MR) is 55.8 cm³/mol. The zero-order valence-electron chi connectivity index (χ0n) is 6.74. The van der Waals surface area contributed by atoms with E-state index < -0.39 is 0 Å². The molecule has 0 aliphatic heterocycles. The standard InChI is InChI=1S/C10H7Cl2N/c11-8-4-3-5-9(10(8)12)13-6-1-2-7-13/h1-7H. The summed E-state index contributed by atoms with van der Waals surface area (Å²) in [5, 5.41) is 1.16. The summed E-state index contributed by atoms with van der Waals surface area (Å²) in [5.74, 6) is 0. The van der Waals surface area contributed by atoms with Crippen molar-refractivity contribution in [1.82, 2.24) is 4.57 Å². The molecule has 0 aliphatic rings. The summed E-state index contributed by atoms with van der Waals surface area (Å²) in [6.07, 6.45) is 3.86. The average Bonchev–Trinajstić information content (AvgIpc) is 2.62. The van der Waals surface area contributed by atoms with Crippen molar-refractivity contribution in [3.05, 3.63) is 52.8 Å². The molecule has 0 radical (unpaired) electrons. The molecule has 13 heavy (non-hydrogen) atoms. The lowest BCUT2D eigenvalue weighted by atomic mass is 10.3. The molecular weight excluding hydrogens is 205 g/mol. The van der Waals surface area contributed by atoms with Gasteiger partial charge in [-0.05, 0) is 24.3 Å². The van der Waals surface area contributed by atoms with Gasteiger partial charge in [0.25, 0.3) is 0 Å². The van der Waals surface area contributed by atoms with Crippen LogP contribution in [0.15, 0.2) is 42.7 Å². The first-order chi connectivity index (χ1) is 6.29. The summed E-state index contributed by atoms with van der Waals surface area (Å²) in [6.45, 7) is 0. The van der Waals surface area contributed by atoms with E-state index in [0.29, 0.717) is 10.0 Å². The third-order valence-corrected chi connectivity index (χ3v) is 2.62. The summed E-state index contributed by atoms with van der Waals surface area (Å²) in [4.78, 5) is 0. The van der Waals surface area contributed by atoms with Crippen molar-refractivity contribution in [2.45, 2.75) is 0 Å². The SMILES string of the molecule is Clc1cccc(-n2cccc2)c1Cl. The molecule has 2 aromatic rings. The van der Waals surface area contributed by atoms with Crippen molar-refractivity contribution in [3.8, 4) is 5.69 Å². The van der Waals surface area contributed by atoms with Crippen LogP contribution in [0.25, 0.3) is 5.69 Å². The van der Waals surface area contributed by atoms with E-state index in [1.165, 1.54) is 0 Å². The first-order valence-electron chi connectivity index (χ1n) is 3.86. The van der Waals surface area contributed by atoms with Gasteiger partial charge in [-0.2, -0.15) is 0 Å². The molecule has 2 rings (SSSR count). The molecule has 0 saturated carbocycles. The van der Waals surface area contributed by atoms with Crippen LogP contribution in [0.4, 0.5) is 0 Å². The molecule has 1 aromatic carbocycles. The fraction of sp³-hybridized carbons (Fsp3) is 0. The van der Waals surface area contributed by atoms with Gasteiger partial charge in [0.15, 0.2) is 0 Å². The second-order valence-electron chi connectivity index (χ2n) is 2.66. The van der Waals surface area contributed by atoms with Crippen molar-refractivity contribution in [3.63, 3.8) is 0 Å². The van der Waals surface area contributed by atoms with Crippen LogP contribution in [-0.2, 0) is 0 Å². The fourth-order valence-electron chi connectivity index (χ4n) is 1.19. The predicted octanol–water partition coefficient (Wildman–Crippen LogP) is 3.78. The molecule has 0 amide bonds. The second-order valence-corrected chi connectivity index (χ2v) is 3.45. The Morgan fingerprint density at radius 1 is 0.923 bits per heavy atom. The third-order valence-electron chi connectivity index (χ3n) is 1.81. The number of aromatic nitrogens is 1. The van der Waals surface area contributed by atoms with Gasteiger partial charge >= 0.3 is 0 Å². The molecule has 0 unspecified atom stereocenters. The number of hydrogen-bond donors (Lipinski definition) is 0. The smallest absolute Gasteiger partial charge is 0.0832 e. The van der Waals surface area contributed by atoms with Crippen LogP contribution in [0, 0.1) is 0 Å². The second kappa shape index (κ2) is 3.44. The zero-order valence-corrected chi connectivity index (χ0v) is 8.26. The van der Waals surface area contributed by atoms with Gasteiger partial charge in [0.2, 0.25) is 0 Å². The average molecular weight is 212 g/mol. The van der Waals surface area contributed by atoms with Crippen molar-refractivity contribution in [1.29, 1.82) is 0 Å². The Hall–Kier alpha value is -0.920. The molecule has 0 N–H and O–H groups in total. The van der Waals surface area contributed by atoms with E-state index in [1.807, 2.05) is 41.2 Å². The molecule has 0 bridgehead atoms. The van der Waals surface area contributed by atoms with Crippen molar-refractivity contribution in [2.75, 3.05) is 0 Å². The van der Waals surface area contributed by atoms with Gasteiger partial charge in [-0.15, -0.1) is 0 Å². The number of halogens is 2. The Labute approximate surface area is 86.5 Å². The maximum atomic E-state index is 6.03.